The maximum atomic E-state index is 12.8. The molecule has 1 heterocycles. The molecule has 3 atom stereocenters. The molecule has 2 amide bonds. The van der Waals surface area contributed by atoms with Crippen molar-refractivity contribution in [2.24, 2.45) is 0 Å². The van der Waals surface area contributed by atoms with Gasteiger partial charge in [0.15, 0.2) is 0 Å². The summed E-state index contributed by atoms with van der Waals surface area (Å²) in [5.41, 5.74) is 3.67. The average molecular weight is 394 g/mol. The minimum Gasteiger partial charge on any atom is -0.394 e. The van der Waals surface area contributed by atoms with Crippen molar-refractivity contribution in [1.82, 2.24) is 10.2 Å². The van der Waals surface area contributed by atoms with Crippen LogP contribution in [0.2, 0.25) is 0 Å². The Morgan fingerprint density at radius 2 is 1.90 bits per heavy atom. The number of rotatable bonds is 4. The third-order valence-corrected chi connectivity index (χ3v) is 6.86. The summed E-state index contributed by atoms with van der Waals surface area (Å²) in [7, 11) is 0. The number of amides is 2. The summed E-state index contributed by atoms with van der Waals surface area (Å²) in [5, 5.41) is 22.8. The molecule has 0 radical (unpaired) electrons. The van der Waals surface area contributed by atoms with Crippen molar-refractivity contribution in [2.75, 3.05) is 6.61 Å². The molecule has 2 fully saturated rings. The van der Waals surface area contributed by atoms with Crippen LogP contribution in [0.25, 0.3) is 5.57 Å². The van der Waals surface area contributed by atoms with Crippen LogP contribution in [0.15, 0.2) is 30.3 Å². The second-order valence-electron chi connectivity index (χ2n) is 8.64. The summed E-state index contributed by atoms with van der Waals surface area (Å²) in [6, 6.07) is 9.80. The molecule has 5 heteroatoms. The molecule has 1 saturated carbocycles. The maximum Gasteiger partial charge on any atom is 0.319 e. The Balaban J connectivity index is 1.47. The first-order valence-electron chi connectivity index (χ1n) is 11.1. The van der Waals surface area contributed by atoms with Crippen molar-refractivity contribution in [3.8, 4) is 6.07 Å². The van der Waals surface area contributed by atoms with Gasteiger partial charge in [0.1, 0.15) is 6.04 Å². The first-order chi connectivity index (χ1) is 14.2. The quantitative estimate of drug-likeness (QED) is 0.799. The normalized spacial score (nSPS) is 27.5. The highest BCUT2D eigenvalue weighted by atomic mass is 16.3. The van der Waals surface area contributed by atoms with E-state index in [-0.39, 0.29) is 30.6 Å². The van der Waals surface area contributed by atoms with E-state index < -0.39 is 6.04 Å². The van der Waals surface area contributed by atoms with Crippen LogP contribution in [0.3, 0.4) is 0 Å². The van der Waals surface area contributed by atoms with Gasteiger partial charge < -0.3 is 15.3 Å². The number of likely N-dealkylation sites (tertiary alicyclic amines) is 1. The van der Waals surface area contributed by atoms with Crippen LogP contribution in [0.4, 0.5) is 4.79 Å². The largest absolute Gasteiger partial charge is 0.394 e. The van der Waals surface area contributed by atoms with Crippen LogP contribution in [-0.4, -0.2) is 40.8 Å². The predicted molar refractivity (Wildman–Crippen MR) is 113 cm³/mol. The van der Waals surface area contributed by atoms with Crippen molar-refractivity contribution >= 4 is 11.6 Å². The number of carbonyl (C=O) groups is 1. The molecule has 29 heavy (non-hydrogen) atoms. The first kappa shape index (κ1) is 20.0. The predicted octanol–water partition coefficient (Wildman–Crippen LogP) is 4.34. The fraction of sp³-hybridized carbons (Fsp3) is 0.583. The highest BCUT2D eigenvalue weighted by molar-refractivity contribution is 5.78. The number of nitriles is 1. The molecular weight excluding hydrogens is 362 g/mol. The Morgan fingerprint density at radius 3 is 2.52 bits per heavy atom. The highest BCUT2D eigenvalue weighted by Crippen LogP contribution is 2.41. The van der Waals surface area contributed by atoms with E-state index in [1.54, 1.807) is 4.90 Å². The lowest BCUT2D eigenvalue weighted by molar-refractivity contribution is 0.0153. The molecule has 3 aliphatic rings. The topological polar surface area (TPSA) is 76.4 Å². The Morgan fingerprint density at radius 1 is 1.14 bits per heavy atom. The average Bonchev–Trinajstić information content (AvgIpc) is 2.75. The summed E-state index contributed by atoms with van der Waals surface area (Å²) in [6.45, 7) is -0.131. The molecule has 1 aliphatic heterocycles. The second-order valence-corrected chi connectivity index (χ2v) is 8.64. The van der Waals surface area contributed by atoms with E-state index in [0.717, 1.165) is 44.1 Å². The number of aliphatic hydroxyl groups excluding tert-OH is 1. The van der Waals surface area contributed by atoms with Gasteiger partial charge in [0.25, 0.3) is 0 Å². The molecule has 0 unspecified atom stereocenters. The van der Waals surface area contributed by atoms with Crippen LogP contribution in [0.5, 0.6) is 0 Å². The van der Waals surface area contributed by atoms with Gasteiger partial charge in [0, 0.05) is 12.0 Å². The molecule has 0 bridgehead atoms. The second kappa shape index (κ2) is 9.00. The molecule has 4 rings (SSSR count). The molecule has 5 nitrogen and oxygen atoms in total. The number of aliphatic hydroxyl groups is 1. The zero-order chi connectivity index (χ0) is 20.2. The fourth-order valence-electron chi connectivity index (χ4n) is 5.20. The smallest absolute Gasteiger partial charge is 0.319 e. The molecule has 0 spiro atoms. The molecule has 1 saturated heterocycles. The number of hydrogen-bond donors (Lipinski definition) is 2. The molecule has 1 aromatic carbocycles. The molecule has 2 N–H and O–H groups in total. The van der Waals surface area contributed by atoms with E-state index in [1.165, 1.54) is 30.4 Å². The molecule has 2 aliphatic carbocycles. The summed E-state index contributed by atoms with van der Waals surface area (Å²) < 4.78 is 0. The van der Waals surface area contributed by atoms with Crippen LogP contribution in [-0.2, 0) is 0 Å². The van der Waals surface area contributed by atoms with Crippen molar-refractivity contribution < 1.29 is 9.90 Å². The highest BCUT2D eigenvalue weighted by Gasteiger charge is 2.52. The van der Waals surface area contributed by atoms with Gasteiger partial charge in [0.05, 0.1) is 18.7 Å². The lowest BCUT2D eigenvalue weighted by atomic mass is 9.75. The van der Waals surface area contributed by atoms with Gasteiger partial charge >= 0.3 is 6.03 Å². The van der Waals surface area contributed by atoms with E-state index >= 15 is 0 Å². The maximum absolute atomic E-state index is 12.8. The molecule has 1 aromatic rings. The number of urea groups is 1. The van der Waals surface area contributed by atoms with E-state index in [0.29, 0.717) is 0 Å². The van der Waals surface area contributed by atoms with Crippen molar-refractivity contribution in [3.05, 3.63) is 41.5 Å². The number of nitrogens with one attached hydrogen (secondary N) is 1. The molecule has 154 valence electrons. The number of allylic oxidation sites excluding steroid dienone is 2. The summed E-state index contributed by atoms with van der Waals surface area (Å²) in [5.74, 6) is -0.142. The van der Waals surface area contributed by atoms with Gasteiger partial charge in [-0.05, 0) is 55.2 Å². The standard InChI is InChI=1S/C24H31N3O2/c25-15-21-23(19-13-11-18(12-14-19)17-7-3-1-4-8-17)22(16-28)27(21)24(29)26-20-9-5-2-6-10-20/h7,11-14,20-23,28H,1-6,8-10,16H2,(H,26,29)/t21-,22-,23-/m1/s1. The van der Waals surface area contributed by atoms with Crippen LogP contribution in [0, 0.1) is 11.3 Å². The molecule has 0 aromatic heterocycles. The Bertz CT molecular complexity index is 789. The van der Waals surface area contributed by atoms with Crippen molar-refractivity contribution in [3.63, 3.8) is 0 Å². The zero-order valence-electron chi connectivity index (χ0n) is 17.0. The van der Waals surface area contributed by atoms with Crippen LogP contribution in [0.1, 0.15) is 74.8 Å². The fourth-order valence-corrected chi connectivity index (χ4v) is 5.20. The number of hydrogen-bond acceptors (Lipinski definition) is 3. The lowest BCUT2D eigenvalue weighted by Crippen LogP contribution is -2.67. The number of nitrogens with zero attached hydrogens (tertiary/aromatic N) is 2. The minimum absolute atomic E-state index is 0.131. The monoisotopic (exact) mass is 393 g/mol. The van der Waals surface area contributed by atoms with Gasteiger partial charge in [-0.15, -0.1) is 0 Å². The van der Waals surface area contributed by atoms with Gasteiger partial charge in [-0.1, -0.05) is 49.6 Å². The SMILES string of the molecule is N#C[C@@H]1[C@@H](c2ccc(C3=CCCCC3)cc2)[C@@H](CO)N1C(=O)NC1CCCCC1. The van der Waals surface area contributed by atoms with Crippen molar-refractivity contribution in [2.45, 2.75) is 81.8 Å². The summed E-state index contributed by atoms with van der Waals surface area (Å²) in [4.78, 5) is 14.4. The number of benzene rings is 1. The molecular formula is C24H31N3O2. The van der Waals surface area contributed by atoms with Crippen LogP contribution < -0.4 is 5.32 Å². The van der Waals surface area contributed by atoms with E-state index in [2.05, 4.69) is 41.7 Å². The summed E-state index contributed by atoms with van der Waals surface area (Å²) >= 11 is 0. The van der Waals surface area contributed by atoms with Crippen molar-refractivity contribution in [1.29, 1.82) is 5.26 Å². The van der Waals surface area contributed by atoms with Crippen LogP contribution >= 0.6 is 0 Å². The third kappa shape index (κ3) is 4.04. The third-order valence-electron chi connectivity index (χ3n) is 6.86. The Kier molecular flexibility index (Phi) is 6.20. The Hall–Kier alpha value is -2.32. The van der Waals surface area contributed by atoms with E-state index in [1.807, 2.05) is 0 Å². The lowest BCUT2D eigenvalue weighted by Gasteiger charge is -2.51. The van der Waals surface area contributed by atoms with Gasteiger partial charge in [-0.3, -0.25) is 0 Å². The zero-order valence-corrected chi connectivity index (χ0v) is 17.0. The minimum atomic E-state index is -0.532. The number of carbonyl (C=O) groups excluding carboxylic acids is 1. The van der Waals surface area contributed by atoms with Gasteiger partial charge in [-0.25, -0.2) is 4.79 Å². The first-order valence-corrected chi connectivity index (χ1v) is 11.1. The van der Waals surface area contributed by atoms with Gasteiger partial charge in [-0.2, -0.15) is 5.26 Å². The van der Waals surface area contributed by atoms with E-state index in [4.69, 9.17) is 0 Å². The van der Waals surface area contributed by atoms with Gasteiger partial charge in [0.2, 0.25) is 0 Å². The Labute approximate surface area is 173 Å². The summed E-state index contributed by atoms with van der Waals surface area (Å²) in [6.07, 6.45) is 12.6. The van der Waals surface area contributed by atoms with E-state index in [9.17, 15) is 15.2 Å².